The summed E-state index contributed by atoms with van der Waals surface area (Å²) in [4.78, 5) is 14.2. The Bertz CT molecular complexity index is 526. The highest BCUT2D eigenvalue weighted by Gasteiger charge is 2.34. The molecule has 1 saturated heterocycles. The molecule has 1 amide bonds. The van der Waals surface area contributed by atoms with E-state index in [9.17, 15) is 14.3 Å². The zero-order chi connectivity index (χ0) is 17.6. The third kappa shape index (κ3) is 5.54. The second-order valence-corrected chi connectivity index (χ2v) is 6.88. The van der Waals surface area contributed by atoms with Gasteiger partial charge in [-0.3, -0.25) is 4.79 Å². The summed E-state index contributed by atoms with van der Waals surface area (Å²) in [7, 11) is 0. The first-order chi connectivity index (χ1) is 11.4. The quantitative estimate of drug-likeness (QED) is 0.712. The van der Waals surface area contributed by atoms with E-state index in [2.05, 4.69) is 29.4 Å². The number of hydrogen-bond donors (Lipinski definition) is 3. The first-order valence-electron chi connectivity index (χ1n) is 8.59. The van der Waals surface area contributed by atoms with Gasteiger partial charge in [0.05, 0.1) is 6.61 Å². The van der Waals surface area contributed by atoms with Crippen molar-refractivity contribution in [1.82, 2.24) is 10.2 Å². The van der Waals surface area contributed by atoms with Gasteiger partial charge in [-0.05, 0) is 50.2 Å². The van der Waals surface area contributed by atoms with E-state index in [0.29, 0.717) is 24.7 Å². The Labute approximate surface area is 143 Å². The van der Waals surface area contributed by atoms with Crippen molar-refractivity contribution in [3.63, 3.8) is 0 Å². The summed E-state index contributed by atoms with van der Waals surface area (Å²) in [6, 6.07) is 6.11. The number of nitrogens with zero attached hydrogens (tertiary/aromatic N) is 1. The predicted molar refractivity (Wildman–Crippen MR) is 93.4 cm³/mol. The number of nitrogens with one attached hydrogen (secondary N) is 2. The van der Waals surface area contributed by atoms with Crippen molar-refractivity contribution in [3.8, 4) is 0 Å². The van der Waals surface area contributed by atoms with Crippen LogP contribution in [0.3, 0.4) is 0 Å². The Balaban J connectivity index is 1.73. The first kappa shape index (κ1) is 18.8. The summed E-state index contributed by atoms with van der Waals surface area (Å²) in [5.41, 5.74) is 0.418. The molecule has 6 heteroatoms. The SMILES string of the molecule is CC(C)NC1(CO)CCN(CCC(=O)Nc2ccc(F)cc2)CC1. The Morgan fingerprint density at radius 2 is 1.92 bits per heavy atom. The largest absolute Gasteiger partial charge is 0.394 e. The van der Waals surface area contributed by atoms with Gasteiger partial charge in [-0.15, -0.1) is 0 Å². The van der Waals surface area contributed by atoms with E-state index in [1.165, 1.54) is 12.1 Å². The summed E-state index contributed by atoms with van der Waals surface area (Å²) in [5, 5.41) is 16.0. The maximum absolute atomic E-state index is 12.8. The Morgan fingerprint density at radius 1 is 1.29 bits per heavy atom. The van der Waals surface area contributed by atoms with Gasteiger partial charge in [-0.25, -0.2) is 4.39 Å². The summed E-state index contributed by atoms with van der Waals surface area (Å²) in [6.45, 7) is 6.74. The predicted octanol–water partition coefficient (Wildman–Crippen LogP) is 1.98. The number of halogens is 1. The second kappa shape index (κ2) is 8.55. The fourth-order valence-electron chi connectivity index (χ4n) is 3.18. The van der Waals surface area contributed by atoms with Crippen molar-refractivity contribution in [3.05, 3.63) is 30.1 Å². The van der Waals surface area contributed by atoms with E-state index in [1.54, 1.807) is 12.1 Å². The van der Waals surface area contributed by atoms with Crippen LogP contribution < -0.4 is 10.6 Å². The number of piperidine rings is 1. The van der Waals surface area contributed by atoms with Gasteiger partial charge in [0.1, 0.15) is 5.82 Å². The number of benzene rings is 1. The molecule has 0 bridgehead atoms. The minimum atomic E-state index is -0.316. The van der Waals surface area contributed by atoms with Crippen LogP contribution >= 0.6 is 0 Å². The molecule has 1 aromatic carbocycles. The van der Waals surface area contributed by atoms with Gasteiger partial charge in [0, 0.05) is 30.2 Å². The number of hydrogen-bond acceptors (Lipinski definition) is 4. The average Bonchev–Trinajstić information content (AvgIpc) is 2.56. The topological polar surface area (TPSA) is 64.6 Å². The minimum Gasteiger partial charge on any atom is -0.394 e. The van der Waals surface area contributed by atoms with Crippen LogP contribution in [-0.2, 0) is 4.79 Å². The molecule has 5 nitrogen and oxygen atoms in total. The number of aliphatic hydroxyl groups is 1. The molecule has 0 radical (unpaired) electrons. The van der Waals surface area contributed by atoms with Gasteiger partial charge in [-0.1, -0.05) is 13.8 Å². The van der Waals surface area contributed by atoms with Gasteiger partial charge in [0.25, 0.3) is 0 Å². The van der Waals surface area contributed by atoms with Crippen LogP contribution in [0.15, 0.2) is 24.3 Å². The van der Waals surface area contributed by atoms with Crippen LogP contribution in [0.25, 0.3) is 0 Å². The smallest absolute Gasteiger partial charge is 0.225 e. The monoisotopic (exact) mass is 337 g/mol. The standard InChI is InChI=1S/C18H28FN3O2/c1-14(2)21-18(13-23)8-11-22(12-9-18)10-7-17(24)20-16-5-3-15(19)4-6-16/h3-6,14,21,23H,7-13H2,1-2H3,(H,20,24). The molecule has 24 heavy (non-hydrogen) atoms. The molecule has 0 unspecified atom stereocenters. The number of carbonyl (C=O) groups is 1. The zero-order valence-corrected chi connectivity index (χ0v) is 14.5. The summed E-state index contributed by atoms with van der Waals surface area (Å²) < 4.78 is 12.8. The van der Waals surface area contributed by atoms with E-state index in [4.69, 9.17) is 0 Å². The van der Waals surface area contributed by atoms with Crippen molar-refractivity contribution >= 4 is 11.6 Å². The average molecular weight is 337 g/mol. The van der Waals surface area contributed by atoms with Gasteiger partial charge < -0.3 is 20.6 Å². The molecule has 1 heterocycles. The molecule has 0 saturated carbocycles. The maximum atomic E-state index is 12.8. The summed E-state index contributed by atoms with van der Waals surface area (Å²) in [6.07, 6.45) is 2.16. The first-order valence-corrected chi connectivity index (χ1v) is 8.59. The number of carbonyl (C=O) groups excluding carboxylic acids is 1. The zero-order valence-electron chi connectivity index (χ0n) is 14.5. The Morgan fingerprint density at radius 3 is 2.46 bits per heavy atom. The molecule has 1 aliphatic rings. The molecule has 1 aliphatic heterocycles. The molecule has 0 spiro atoms. The molecule has 3 N–H and O–H groups in total. The van der Waals surface area contributed by atoms with Gasteiger partial charge >= 0.3 is 0 Å². The van der Waals surface area contributed by atoms with Crippen molar-refractivity contribution in [2.24, 2.45) is 0 Å². The van der Waals surface area contributed by atoms with E-state index >= 15 is 0 Å². The lowest BCUT2D eigenvalue weighted by Crippen LogP contribution is -2.57. The fraction of sp³-hybridized carbons (Fsp3) is 0.611. The number of rotatable bonds is 7. The Hall–Kier alpha value is -1.50. The van der Waals surface area contributed by atoms with E-state index in [-0.39, 0.29) is 23.9 Å². The van der Waals surface area contributed by atoms with Crippen LogP contribution in [0.1, 0.15) is 33.1 Å². The molecule has 0 aromatic heterocycles. The van der Waals surface area contributed by atoms with Crippen LogP contribution in [0.4, 0.5) is 10.1 Å². The van der Waals surface area contributed by atoms with Gasteiger partial charge in [0.2, 0.25) is 5.91 Å². The Kier molecular flexibility index (Phi) is 6.71. The lowest BCUT2D eigenvalue weighted by Gasteiger charge is -2.42. The normalized spacial score (nSPS) is 17.9. The van der Waals surface area contributed by atoms with E-state index in [0.717, 1.165) is 25.9 Å². The number of likely N-dealkylation sites (tertiary alicyclic amines) is 1. The molecule has 2 rings (SSSR count). The molecule has 134 valence electrons. The third-order valence-corrected chi connectivity index (χ3v) is 4.49. The van der Waals surface area contributed by atoms with E-state index in [1.807, 2.05) is 0 Å². The highest BCUT2D eigenvalue weighted by atomic mass is 19.1. The van der Waals surface area contributed by atoms with Crippen molar-refractivity contribution in [1.29, 1.82) is 0 Å². The number of amides is 1. The maximum Gasteiger partial charge on any atom is 0.225 e. The summed E-state index contributed by atoms with van der Waals surface area (Å²) >= 11 is 0. The molecule has 0 atom stereocenters. The van der Waals surface area contributed by atoms with Gasteiger partial charge in [-0.2, -0.15) is 0 Å². The van der Waals surface area contributed by atoms with Crippen molar-refractivity contribution in [2.75, 3.05) is 31.6 Å². The fourth-order valence-corrected chi connectivity index (χ4v) is 3.18. The lowest BCUT2D eigenvalue weighted by atomic mass is 9.87. The molecular formula is C18H28FN3O2. The van der Waals surface area contributed by atoms with Crippen LogP contribution in [-0.4, -0.2) is 53.7 Å². The molecular weight excluding hydrogens is 309 g/mol. The third-order valence-electron chi connectivity index (χ3n) is 4.49. The lowest BCUT2D eigenvalue weighted by molar-refractivity contribution is -0.116. The molecule has 0 aliphatic carbocycles. The second-order valence-electron chi connectivity index (χ2n) is 6.88. The summed E-state index contributed by atoms with van der Waals surface area (Å²) in [5.74, 6) is -0.385. The van der Waals surface area contributed by atoms with E-state index < -0.39 is 0 Å². The van der Waals surface area contributed by atoms with Crippen molar-refractivity contribution in [2.45, 2.75) is 44.7 Å². The van der Waals surface area contributed by atoms with Gasteiger partial charge in [0.15, 0.2) is 0 Å². The van der Waals surface area contributed by atoms with Crippen molar-refractivity contribution < 1.29 is 14.3 Å². The van der Waals surface area contributed by atoms with Crippen LogP contribution in [0.2, 0.25) is 0 Å². The highest BCUT2D eigenvalue weighted by molar-refractivity contribution is 5.90. The highest BCUT2D eigenvalue weighted by Crippen LogP contribution is 2.22. The number of aliphatic hydroxyl groups excluding tert-OH is 1. The minimum absolute atomic E-state index is 0.0686. The number of anilines is 1. The van der Waals surface area contributed by atoms with Crippen LogP contribution in [0.5, 0.6) is 0 Å². The molecule has 1 aromatic rings. The van der Waals surface area contributed by atoms with Crippen LogP contribution in [0, 0.1) is 5.82 Å². The molecule has 1 fully saturated rings.